The highest BCUT2D eigenvalue weighted by molar-refractivity contribution is 6.19. The summed E-state index contributed by atoms with van der Waals surface area (Å²) in [6.45, 7) is 0. The van der Waals surface area contributed by atoms with Crippen LogP contribution in [0.3, 0.4) is 0 Å². The SMILES string of the molecule is c1ccc2c(c1)CCC2c1c2nc(c(C3CCc4ccccc43)c3[nH]c(c(C4CCc5ccccc54)c4nc(c(C5CCc6ccccc65)c5[nH]c1c1cc6ccccc6cc51)-c1cc5ccccc5cc1-4)c1cc4ccccc4cc31)-c1cc3ccccc3cc1-2. The minimum absolute atomic E-state index is 0.0431. The molecule has 2 aromatic heterocycles. The van der Waals surface area contributed by atoms with E-state index in [0.717, 1.165) is 96.2 Å². The van der Waals surface area contributed by atoms with Crippen LogP contribution in [0.4, 0.5) is 0 Å². The van der Waals surface area contributed by atoms with Crippen LogP contribution in [0.5, 0.6) is 0 Å². The number of rotatable bonds is 4. The molecule has 0 spiro atoms. The fraction of sp³-hybridized carbons (Fsp3) is 0.136. The molecule has 434 valence electrons. The average molecular weight is 1180 g/mol. The maximum Gasteiger partial charge on any atom is 0.0775 e. The third-order valence-corrected chi connectivity index (χ3v) is 22.6. The number of aromatic amines is 2. The second kappa shape index (κ2) is 19.4. The monoisotopic (exact) mass is 1170 g/mol. The summed E-state index contributed by atoms with van der Waals surface area (Å²) in [6.07, 6.45) is 7.87. The number of hydrogen-bond donors (Lipinski definition) is 2. The van der Waals surface area contributed by atoms with Crippen molar-refractivity contribution in [1.82, 2.24) is 19.9 Å². The Hall–Kier alpha value is -10.7. The summed E-state index contributed by atoms with van der Waals surface area (Å²) in [6, 6.07) is 93.3. The molecule has 92 heavy (non-hydrogen) atoms. The molecule has 0 amide bonds. The Balaban J connectivity index is 1.07. The van der Waals surface area contributed by atoms with Crippen LogP contribution in [0.2, 0.25) is 0 Å². The van der Waals surface area contributed by atoms with Gasteiger partial charge in [0.2, 0.25) is 0 Å². The van der Waals surface area contributed by atoms with Gasteiger partial charge in [0.1, 0.15) is 0 Å². The maximum atomic E-state index is 6.55. The zero-order valence-corrected chi connectivity index (χ0v) is 51.0. The van der Waals surface area contributed by atoms with Gasteiger partial charge < -0.3 is 9.97 Å². The van der Waals surface area contributed by atoms with E-state index < -0.39 is 0 Å². The average Bonchev–Trinajstić information content (AvgIpc) is 1.55. The standard InChI is InChI=1S/C88H62N4/c1-2-22-54-42-70-69(41-53(54)21-1)81-77(65-37-33-49-17-9-13-29-61(49)65)83-71-43-55-23-3-4-24-56(55)44-72(71)85(90-83)79(67-39-35-51-19-11-15-31-63(51)67)87-75-47-59-27-7-8-28-60(59)48-76(75)88(92-87)80(68-40-36-52-20-12-16-32-64(52)68)86-74-46-58-26-6-5-25-57(58)45-73(74)84(91-86)78(82(70)89-81)66-38-34-50-18-10-14-30-62(50)66/h1-32,41-48,65-68,89,92H,33-40H2. The Labute approximate surface area is 533 Å². The fourth-order valence-corrected chi connectivity index (χ4v) is 18.5. The number of aryl methyl sites for hydroxylation is 4. The number of nitrogens with zero attached hydrogens (tertiary/aromatic N) is 2. The molecule has 0 saturated carbocycles. The summed E-state index contributed by atoms with van der Waals surface area (Å²) in [5, 5.41) is 14.7. The van der Waals surface area contributed by atoms with Crippen molar-refractivity contribution in [3.8, 4) is 45.0 Å². The molecule has 4 nitrogen and oxygen atoms in total. The molecule has 21 rings (SSSR count). The van der Waals surface area contributed by atoms with Gasteiger partial charge in [-0.15, -0.1) is 0 Å². The summed E-state index contributed by atoms with van der Waals surface area (Å²) in [5.41, 5.74) is 30.0. The predicted molar refractivity (Wildman–Crippen MR) is 381 cm³/mol. The summed E-state index contributed by atoms with van der Waals surface area (Å²) in [4.78, 5) is 22.3. The topological polar surface area (TPSA) is 57.4 Å². The third-order valence-electron chi connectivity index (χ3n) is 22.6. The van der Waals surface area contributed by atoms with Gasteiger partial charge in [-0.3, -0.25) is 0 Å². The van der Waals surface area contributed by atoms with Gasteiger partial charge in [0, 0.05) is 89.7 Å². The van der Waals surface area contributed by atoms with Crippen LogP contribution in [-0.2, 0) is 25.7 Å². The van der Waals surface area contributed by atoms with E-state index in [1.807, 2.05) is 0 Å². The minimum Gasteiger partial charge on any atom is -0.354 e. The van der Waals surface area contributed by atoms with Gasteiger partial charge in [0.05, 0.1) is 44.8 Å². The van der Waals surface area contributed by atoms with Crippen LogP contribution in [0.15, 0.2) is 243 Å². The highest BCUT2D eigenvalue weighted by atomic mass is 14.8. The lowest BCUT2D eigenvalue weighted by Gasteiger charge is -2.17. The van der Waals surface area contributed by atoms with Gasteiger partial charge in [-0.1, -0.05) is 194 Å². The van der Waals surface area contributed by atoms with Crippen molar-refractivity contribution in [2.75, 3.05) is 0 Å². The highest BCUT2D eigenvalue weighted by Crippen LogP contribution is 2.57. The van der Waals surface area contributed by atoms with E-state index in [0.29, 0.717) is 0 Å². The summed E-state index contributed by atoms with van der Waals surface area (Å²) in [5.74, 6) is 0.172. The van der Waals surface area contributed by atoms with Crippen molar-refractivity contribution < 1.29 is 0 Å². The second-order valence-electron chi connectivity index (χ2n) is 27.2. The molecule has 5 aliphatic carbocycles. The molecule has 12 aromatic carbocycles. The van der Waals surface area contributed by atoms with Crippen LogP contribution < -0.4 is 0 Å². The third kappa shape index (κ3) is 7.35. The number of H-pyrrole nitrogens is 2. The first-order valence-electron chi connectivity index (χ1n) is 33.5. The normalized spacial score (nSPS) is 17.7. The van der Waals surface area contributed by atoms with E-state index in [4.69, 9.17) is 9.97 Å². The van der Waals surface area contributed by atoms with E-state index >= 15 is 0 Å². The Morgan fingerprint density at radius 3 is 0.685 bits per heavy atom. The second-order valence-corrected chi connectivity index (χ2v) is 27.2. The van der Waals surface area contributed by atoms with Crippen LogP contribution >= 0.6 is 0 Å². The summed E-state index contributed by atoms with van der Waals surface area (Å²) in [7, 11) is 0. The first-order chi connectivity index (χ1) is 45.6. The van der Waals surface area contributed by atoms with Crippen LogP contribution in [0, 0.1) is 0 Å². The van der Waals surface area contributed by atoms with E-state index in [9.17, 15) is 0 Å². The molecule has 8 bridgehead atoms. The Bertz CT molecular complexity index is 5240. The molecule has 4 heteroatoms. The van der Waals surface area contributed by atoms with E-state index in [-0.39, 0.29) is 23.7 Å². The molecule has 0 saturated heterocycles. The largest absolute Gasteiger partial charge is 0.354 e. The lowest BCUT2D eigenvalue weighted by atomic mass is 9.85. The predicted octanol–water partition coefficient (Wildman–Crippen LogP) is 22.2. The highest BCUT2D eigenvalue weighted by Gasteiger charge is 2.39. The molecule has 14 aromatic rings. The van der Waals surface area contributed by atoms with Crippen molar-refractivity contribution in [2.24, 2.45) is 0 Å². The summed E-state index contributed by atoms with van der Waals surface area (Å²) < 4.78 is 0. The Morgan fingerprint density at radius 2 is 0.446 bits per heavy atom. The number of benzene rings is 12. The van der Waals surface area contributed by atoms with Gasteiger partial charge in [-0.2, -0.15) is 0 Å². The number of nitrogens with one attached hydrogen (secondary N) is 2. The van der Waals surface area contributed by atoms with Crippen LogP contribution in [0.1, 0.15) is 116 Å². The molecule has 0 radical (unpaired) electrons. The van der Waals surface area contributed by atoms with Crippen molar-refractivity contribution >= 4 is 86.7 Å². The van der Waals surface area contributed by atoms with Crippen molar-refractivity contribution in [2.45, 2.75) is 75.0 Å². The van der Waals surface area contributed by atoms with Crippen molar-refractivity contribution in [3.63, 3.8) is 0 Å². The van der Waals surface area contributed by atoms with E-state index in [1.54, 1.807) is 0 Å². The number of fused-ring (bicyclic) bond motifs is 8. The summed E-state index contributed by atoms with van der Waals surface area (Å²) >= 11 is 0. The van der Waals surface area contributed by atoms with Gasteiger partial charge in [-0.25, -0.2) is 9.97 Å². The maximum absolute atomic E-state index is 6.55. The van der Waals surface area contributed by atoms with E-state index in [1.165, 1.54) is 154 Å². The zero-order chi connectivity index (χ0) is 59.9. The zero-order valence-electron chi connectivity index (χ0n) is 51.0. The molecular formula is C88H62N4. The van der Waals surface area contributed by atoms with Gasteiger partial charge in [0.15, 0.2) is 0 Å². The first kappa shape index (κ1) is 51.1. The lowest BCUT2D eigenvalue weighted by molar-refractivity contribution is 0.786. The number of aromatic nitrogens is 4. The van der Waals surface area contributed by atoms with Crippen LogP contribution in [-0.4, -0.2) is 19.9 Å². The molecule has 4 atom stereocenters. The molecular weight excluding hydrogens is 1110 g/mol. The van der Waals surface area contributed by atoms with Crippen molar-refractivity contribution in [1.29, 1.82) is 0 Å². The quantitative estimate of drug-likeness (QED) is 0.184. The van der Waals surface area contributed by atoms with Gasteiger partial charge in [-0.05, 0) is 187 Å². The lowest BCUT2D eigenvalue weighted by Crippen LogP contribution is -2.02. The molecule has 4 heterocycles. The Kier molecular flexibility index (Phi) is 10.8. The van der Waals surface area contributed by atoms with Crippen molar-refractivity contribution in [3.05, 3.63) is 309 Å². The molecule has 2 N–H and O–H groups in total. The molecule has 0 fully saturated rings. The van der Waals surface area contributed by atoms with Gasteiger partial charge in [0.25, 0.3) is 0 Å². The first-order valence-corrected chi connectivity index (χ1v) is 33.5. The fourth-order valence-electron chi connectivity index (χ4n) is 18.5. The minimum atomic E-state index is 0.0431. The molecule has 4 unspecified atom stereocenters. The van der Waals surface area contributed by atoms with Gasteiger partial charge >= 0.3 is 0 Å². The molecule has 2 aliphatic heterocycles. The smallest absolute Gasteiger partial charge is 0.0775 e. The number of hydrogen-bond acceptors (Lipinski definition) is 2. The Morgan fingerprint density at radius 1 is 0.239 bits per heavy atom. The van der Waals surface area contributed by atoms with Crippen LogP contribution in [0.25, 0.3) is 132 Å². The van der Waals surface area contributed by atoms with E-state index in [2.05, 4.69) is 253 Å². The molecule has 7 aliphatic rings.